The number of fused-ring (bicyclic) bond motifs is 4. The van der Waals surface area contributed by atoms with E-state index >= 15 is 0 Å². The van der Waals surface area contributed by atoms with Gasteiger partial charge < -0.3 is 14.5 Å². The maximum Gasteiger partial charge on any atom is 0.254 e. The summed E-state index contributed by atoms with van der Waals surface area (Å²) >= 11 is 0. The Labute approximate surface area is 148 Å². The van der Waals surface area contributed by atoms with Gasteiger partial charge in [-0.2, -0.15) is 0 Å². The first kappa shape index (κ1) is 16.4. The highest BCUT2D eigenvalue weighted by Gasteiger charge is 2.44. The quantitative estimate of drug-likeness (QED) is 0.830. The molecule has 1 aromatic rings. The monoisotopic (exact) mass is 342 g/mol. The van der Waals surface area contributed by atoms with Gasteiger partial charge in [0.1, 0.15) is 5.75 Å². The summed E-state index contributed by atoms with van der Waals surface area (Å²) in [6.45, 7) is 4.32. The van der Waals surface area contributed by atoms with Crippen molar-refractivity contribution in [1.29, 1.82) is 0 Å². The van der Waals surface area contributed by atoms with Gasteiger partial charge in [0.15, 0.2) is 0 Å². The number of ether oxygens (including phenoxy) is 1. The van der Waals surface area contributed by atoms with E-state index in [1.165, 1.54) is 0 Å². The Morgan fingerprint density at radius 2 is 2.08 bits per heavy atom. The number of hydrogen-bond acceptors (Lipinski definition) is 3. The average molecular weight is 342 g/mol. The molecule has 3 aliphatic rings. The minimum Gasteiger partial charge on any atom is -0.497 e. The molecule has 0 radical (unpaired) electrons. The van der Waals surface area contributed by atoms with Crippen molar-refractivity contribution >= 4 is 11.8 Å². The lowest BCUT2D eigenvalue weighted by atomic mass is 9.76. The van der Waals surface area contributed by atoms with E-state index in [0.29, 0.717) is 30.2 Å². The summed E-state index contributed by atoms with van der Waals surface area (Å²) in [6, 6.07) is 5.98. The molecule has 1 aromatic carbocycles. The van der Waals surface area contributed by atoms with Crippen LogP contribution in [-0.4, -0.2) is 54.4 Å². The van der Waals surface area contributed by atoms with E-state index in [1.807, 2.05) is 30.0 Å². The zero-order chi connectivity index (χ0) is 17.6. The summed E-state index contributed by atoms with van der Waals surface area (Å²) in [7, 11) is 1.64. The number of rotatable bonds is 2. The zero-order valence-corrected chi connectivity index (χ0v) is 15.0. The van der Waals surface area contributed by atoms with Crippen LogP contribution in [0.2, 0.25) is 0 Å². The maximum atomic E-state index is 13.1. The third kappa shape index (κ3) is 2.90. The fourth-order valence-electron chi connectivity index (χ4n) is 4.95. The minimum absolute atomic E-state index is 0.116. The molecule has 25 heavy (non-hydrogen) atoms. The summed E-state index contributed by atoms with van der Waals surface area (Å²) in [6.07, 6.45) is 3.93. The maximum absolute atomic E-state index is 13.1. The van der Waals surface area contributed by atoms with E-state index in [9.17, 15) is 9.59 Å². The second kappa shape index (κ2) is 6.36. The zero-order valence-electron chi connectivity index (χ0n) is 15.0. The second-order valence-corrected chi connectivity index (χ2v) is 7.76. The Kier molecular flexibility index (Phi) is 4.18. The van der Waals surface area contributed by atoms with Crippen molar-refractivity contribution in [3.63, 3.8) is 0 Å². The number of aryl methyl sites for hydroxylation is 1. The first-order valence-corrected chi connectivity index (χ1v) is 9.30. The number of amides is 2. The van der Waals surface area contributed by atoms with Crippen molar-refractivity contribution in [3.05, 3.63) is 29.3 Å². The smallest absolute Gasteiger partial charge is 0.254 e. The molecule has 2 bridgehead atoms. The number of hydrogen-bond donors (Lipinski definition) is 0. The fraction of sp³-hybridized carbons (Fsp3) is 0.600. The molecule has 3 aliphatic heterocycles. The molecule has 0 aromatic heterocycles. The largest absolute Gasteiger partial charge is 0.497 e. The third-order valence-electron chi connectivity index (χ3n) is 6.13. The number of nitrogens with zero attached hydrogens (tertiary/aromatic N) is 2. The molecule has 134 valence electrons. The van der Waals surface area contributed by atoms with Crippen molar-refractivity contribution in [2.45, 2.75) is 38.6 Å². The van der Waals surface area contributed by atoms with E-state index in [2.05, 4.69) is 4.90 Å². The van der Waals surface area contributed by atoms with Gasteiger partial charge in [0.2, 0.25) is 5.91 Å². The molecule has 0 unspecified atom stereocenters. The first-order valence-electron chi connectivity index (χ1n) is 9.30. The molecule has 0 saturated carbocycles. The van der Waals surface area contributed by atoms with Gasteiger partial charge in [0.25, 0.3) is 5.91 Å². The number of methoxy groups -OCH3 is 1. The minimum atomic E-state index is 0.116. The number of carbonyl (C=O) groups excluding carboxylic acids is 2. The molecule has 3 saturated heterocycles. The number of piperidine rings is 3. The van der Waals surface area contributed by atoms with E-state index in [1.54, 1.807) is 7.11 Å². The number of likely N-dealkylation sites (tertiary alicyclic amines) is 1. The molecule has 3 fully saturated rings. The Balaban J connectivity index is 1.53. The van der Waals surface area contributed by atoms with Crippen LogP contribution in [0.15, 0.2) is 18.2 Å². The van der Waals surface area contributed by atoms with Crippen molar-refractivity contribution in [2.24, 2.45) is 11.8 Å². The van der Waals surface area contributed by atoms with Gasteiger partial charge in [0.05, 0.1) is 7.11 Å². The summed E-state index contributed by atoms with van der Waals surface area (Å²) in [4.78, 5) is 29.4. The van der Waals surface area contributed by atoms with Gasteiger partial charge in [-0.05, 0) is 61.8 Å². The van der Waals surface area contributed by atoms with Crippen LogP contribution in [0, 0.1) is 18.8 Å². The van der Waals surface area contributed by atoms with Crippen LogP contribution in [0.25, 0.3) is 0 Å². The van der Waals surface area contributed by atoms with Crippen molar-refractivity contribution < 1.29 is 14.3 Å². The summed E-state index contributed by atoms with van der Waals surface area (Å²) < 4.78 is 5.24. The summed E-state index contributed by atoms with van der Waals surface area (Å²) in [5, 5.41) is 0. The van der Waals surface area contributed by atoms with Crippen molar-refractivity contribution in [3.8, 4) is 5.75 Å². The van der Waals surface area contributed by atoms with Crippen molar-refractivity contribution in [2.75, 3.05) is 26.7 Å². The van der Waals surface area contributed by atoms with Crippen LogP contribution in [-0.2, 0) is 4.79 Å². The van der Waals surface area contributed by atoms with Gasteiger partial charge >= 0.3 is 0 Å². The van der Waals surface area contributed by atoms with Crippen LogP contribution in [0.5, 0.6) is 5.75 Å². The summed E-state index contributed by atoms with van der Waals surface area (Å²) in [5.41, 5.74) is 1.71. The highest BCUT2D eigenvalue weighted by atomic mass is 16.5. The van der Waals surface area contributed by atoms with E-state index in [4.69, 9.17) is 4.74 Å². The standard InChI is InChI=1S/C20H26N2O3/c1-13-8-16(25-2)6-7-17(13)20(24)21-10-14-9-15(12-21)18-4-3-5-19(23)22(18)11-14/h6-8,14-15,18H,3-5,9-12H2,1-2H3/t14-,15-,18-/m1/s1. The lowest BCUT2D eigenvalue weighted by Crippen LogP contribution is -2.61. The topological polar surface area (TPSA) is 49.9 Å². The Morgan fingerprint density at radius 3 is 2.84 bits per heavy atom. The molecule has 4 rings (SSSR count). The van der Waals surface area contributed by atoms with Gasteiger partial charge in [-0.25, -0.2) is 0 Å². The highest BCUT2D eigenvalue weighted by molar-refractivity contribution is 5.96. The first-order chi connectivity index (χ1) is 12.1. The molecule has 3 heterocycles. The molecular weight excluding hydrogens is 316 g/mol. The molecule has 5 heteroatoms. The fourth-order valence-corrected chi connectivity index (χ4v) is 4.95. The van der Waals surface area contributed by atoms with Crippen LogP contribution in [0.1, 0.15) is 41.6 Å². The molecule has 5 nitrogen and oxygen atoms in total. The Morgan fingerprint density at radius 1 is 1.24 bits per heavy atom. The molecule has 0 spiro atoms. The molecule has 2 amide bonds. The predicted molar refractivity (Wildman–Crippen MR) is 94.6 cm³/mol. The highest BCUT2D eigenvalue weighted by Crippen LogP contribution is 2.38. The van der Waals surface area contributed by atoms with Crippen LogP contribution < -0.4 is 4.74 Å². The number of carbonyl (C=O) groups is 2. The lowest BCUT2D eigenvalue weighted by Gasteiger charge is -2.52. The Hall–Kier alpha value is -2.04. The van der Waals surface area contributed by atoms with Gasteiger partial charge in [0, 0.05) is 37.7 Å². The predicted octanol–water partition coefficient (Wildman–Crippen LogP) is 2.48. The molecule has 0 aliphatic carbocycles. The normalized spacial score (nSPS) is 28.6. The van der Waals surface area contributed by atoms with E-state index in [0.717, 1.165) is 55.8 Å². The Bertz CT molecular complexity index is 702. The SMILES string of the molecule is COc1ccc(C(=O)N2C[C@H]3C[C@H](C2)[C@H]2CCCC(=O)N2C3)c(C)c1. The van der Waals surface area contributed by atoms with E-state index in [-0.39, 0.29) is 5.91 Å². The molecule has 0 N–H and O–H groups in total. The van der Waals surface area contributed by atoms with Gasteiger partial charge in [-0.15, -0.1) is 0 Å². The van der Waals surface area contributed by atoms with Crippen LogP contribution in [0.4, 0.5) is 0 Å². The average Bonchev–Trinajstić information content (AvgIpc) is 2.62. The van der Waals surface area contributed by atoms with E-state index < -0.39 is 0 Å². The second-order valence-electron chi connectivity index (χ2n) is 7.76. The summed E-state index contributed by atoms with van der Waals surface area (Å²) in [5.74, 6) is 2.06. The molecule has 3 atom stereocenters. The van der Waals surface area contributed by atoms with Gasteiger partial charge in [-0.3, -0.25) is 9.59 Å². The van der Waals surface area contributed by atoms with Crippen molar-refractivity contribution in [1.82, 2.24) is 9.80 Å². The third-order valence-corrected chi connectivity index (χ3v) is 6.13. The number of benzene rings is 1. The lowest BCUT2D eigenvalue weighted by molar-refractivity contribution is -0.144. The van der Waals surface area contributed by atoms with Crippen LogP contribution >= 0.6 is 0 Å². The van der Waals surface area contributed by atoms with Crippen LogP contribution in [0.3, 0.4) is 0 Å². The van der Waals surface area contributed by atoms with Gasteiger partial charge in [-0.1, -0.05) is 0 Å². The molecular formula is C20H26N2O3.